The summed E-state index contributed by atoms with van der Waals surface area (Å²) in [5.74, 6) is -0.309. The fourth-order valence-corrected chi connectivity index (χ4v) is 9.70. The molecule has 0 unspecified atom stereocenters. The Hall–Kier alpha value is -2.76. The molecule has 0 aromatic carbocycles. The van der Waals surface area contributed by atoms with Crippen LogP contribution in [0.5, 0.6) is 0 Å². The molecular weight excluding hydrogens is 591 g/mol. The number of carbonyl (C=O) groups is 2. The van der Waals surface area contributed by atoms with E-state index in [2.05, 4.69) is 34.1 Å². The largest absolute Gasteiger partial charge is 0.281 e. The van der Waals surface area contributed by atoms with Crippen LogP contribution in [0.2, 0.25) is 0 Å². The van der Waals surface area contributed by atoms with Gasteiger partial charge in [0.15, 0.2) is 0 Å². The molecular formula is C26H10BBrN2O2S4. The molecule has 8 heterocycles. The van der Waals surface area contributed by atoms with Gasteiger partial charge in [-0.05, 0) is 74.3 Å². The smallest absolute Gasteiger partial charge is 0.265 e. The number of hydrogen-bond acceptors (Lipinski definition) is 6. The quantitative estimate of drug-likeness (QED) is 0.243. The lowest BCUT2D eigenvalue weighted by atomic mass is 10.0. The van der Waals surface area contributed by atoms with Gasteiger partial charge < -0.3 is 0 Å². The van der Waals surface area contributed by atoms with Crippen LogP contribution in [-0.4, -0.2) is 29.5 Å². The minimum absolute atomic E-state index is 0.155. The highest BCUT2D eigenvalue weighted by molar-refractivity contribution is 9.11. The molecule has 4 aliphatic rings. The second-order valence-corrected chi connectivity index (χ2v) is 14.2. The Morgan fingerprint density at radius 2 is 1.19 bits per heavy atom. The number of carbonyl (C=O) groups excluding carboxylic acids is 2. The number of thiophene rings is 4. The van der Waals surface area contributed by atoms with E-state index in [1.807, 2.05) is 30.4 Å². The third kappa shape index (κ3) is 2.79. The summed E-state index contributed by atoms with van der Waals surface area (Å²) < 4.78 is 1.83. The molecule has 4 nitrogen and oxygen atoms in total. The van der Waals surface area contributed by atoms with E-state index < -0.39 is 0 Å². The van der Waals surface area contributed by atoms with Crippen LogP contribution in [0.15, 0.2) is 63.7 Å². The predicted molar refractivity (Wildman–Crippen MR) is 154 cm³/mol. The van der Waals surface area contributed by atoms with Gasteiger partial charge in [0.25, 0.3) is 11.8 Å². The van der Waals surface area contributed by atoms with Crippen molar-refractivity contribution in [2.75, 3.05) is 0 Å². The van der Waals surface area contributed by atoms with E-state index >= 15 is 0 Å². The SMILES string of the molecule is [B]c1ccc(-c2cc3c(s2)C2=C4C(=O)N5C=Cc6cc(-c7ccc(Br)s7)sc6C5=C4C(=O)N2C=C3)s1. The van der Waals surface area contributed by atoms with Crippen LogP contribution in [0, 0.1) is 0 Å². The third-order valence-electron chi connectivity index (χ3n) is 6.51. The van der Waals surface area contributed by atoms with Crippen LogP contribution in [0.3, 0.4) is 0 Å². The van der Waals surface area contributed by atoms with E-state index in [1.165, 1.54) is 11.3 Å². The maximum Gasteiger partial charge on any atom is 0.265 e. The molecule has 0 atom stereocenters. The van der Waals surface area contributed by atoms with Crippen LogP contribution in [0.25, 0.3) is 43.1 Å². The zero-order valence-electron chi connectivity index (χ0n) is 18.1. The molecule has 4 aromatic heterocycles. The molecule has 0 fully saturated rings. The molecule has 0 N–H and O–H groups in total. The molecule has 4 aliphatic heterocycles. The Morgan fingerprint density at radius 1 is 0.667 bits per heavy atom. The molecule has 0 spiro atoms. The average Bonchev–Trinajstić information content (AvgIpc) is 3.67. The summed E-state index contributed by atoms with van der Waals surface area (Å²) in [6, 6.07) is 12.3. The number of amides is 2. The maximum atomic E-state index is 13.8. The molecule has 170 valence electrons. The van der Waals surface area contributed by atoms with Crippen LogP contribution in [0.1, 0.15) is 20.9 Å². The van der Waals surface area contributed by atoms with Crippen LogP contribution >= 0.6 is 61.3 Å². The first-order valence-corrected chi connectivity index (χ1v) is 15.0. The Kier molecular flexibility index (Phi) is 4.38. The average molecular weight is 601 g/mol. The zero-order chi connectivity index (χ0) is 24.3. The highest BCUT2D eigenvalue weighted by atomic mass is 79.9. The molecule has 36 heavy (non-hydrogen) atoms. The summed E-state index contributed by atoms with van der Waals surface area (Å²) in [6.07, 6.45) is 7.50. The molecule has 0 saturated heterocycles. The first-order valence-electron chi connectivity index (χ1n) is 10.9. The van der Waals surface area contributed by atoms with Crippen molar-refractivity contribution >= 4 is 109 Å². The molecule has 0 aliphatic carbocycles. The lowest BCUT2D eigenvalue weighted by Gasteiger charge is -2.24. The van der Waals surface area contributed by atoms with Crippen molar-refractivity contribution in [1.82, 2.24) is 9.80 Å². The molecule has 2 amide bonds. The van der Waals surface area contributed by atoms with Crippen LogP contribution in [0.4, 0.5) is 0 Å². The van der Waals surface area contributed by atoms with Crippen molar-refractivity contribution in [3.63, 3.8) is 0 Å². The summed E-state index contributed by atoms with van der Waals surface area (Å²) in [7, 11) is 5.96. The van der Waals surface area contributed by atoms with Crippen LogP contribution < -0.4 is 4.78 Å². The maximum absolute atomic E-state index is 13.8. The Labute approximate surface area is 231 Å². The number of fused-ring (bicyclic) bond motifs is 7. The number of halogens is 1. The minimum Gasteiger partial charge on any atom is -0.281 e. The van der Waals surface area contributed by atoms with Gasteiger partial charge in [-0.15, -0.1) is 34.0 Å². The van der Waals surface area contributed by atoms with Crippen LogP contribution in [-0.2, 0) is 9.59 Å². The lowest BCUT2D eigenvalue weighted by Crippen LogP contribution is -2.25. The van der Waals surface area contributed by atoms with E-state index in [-0.39, 0.29) is 11.8 Å². The van der Waals surface area contributed by atoms with Gasteiger partial charge in [-0.3, -0.25) is 19.4 Å². The Balaban J connectivity index is 1.33. The van der Waals surface area contributed by atoms with Gasteiger partial charge in [-0.2, -0.15) is 11.3 Å². The monoisotopic (exact) mass is 600 g/mol. The van der Waals surface area contributed by atoms with E-state index in [1.54, 1.807) is 56.2 Å². The van der Waals surface area contributed by atoms with Gasteiger partial charge in [-0.1, -0.05) is 6.07 Å². The van der Waals surface area contributed by atoms with E-state index in [0.29, 0.717) is 22.5 Å². The van der Waals surface area contributed by atoms with Gasteiger partial charge >= 0.3 is 0 Å². The van der Waals surface area contributed by atoms with Crippen molar-refractivity contribution in [3.8, 4) is 19.5 Å². The van der Waals surface area contributed by atoms with Crippen molar-refractivity contribution < 1.29 is 9.59 Å². The highest BCUT2D eigenvalue weighted by Gasteiger charge is 2.50. The van der Waals surface area contributed by atoms with Crippen molar-refractivity contribution in [3.05, 3.63) is 84.6 Å². The second-order valence-electron chi connectivity index (χ2n) is 8.53. The minimum atomic E-state index is -0.155. The first kappa shape index (κ1) is 21.3. The van der Waals surface area contributed by atoms with Crippen molar-refractivity contribution in [2.45, 2.75) is 0 Å². The normalized spacial score (nSPS) is 17.2. The zero-order valence-corrected chi connectivity index (χ0v) is 22.9. The fraction of sp³-hybridized carbons (Fsp3) is 0. The van der Waals surface area contributed by atoms with E-state index in [0.717, 1.165) is 49.0 Å². The van der Waals surface area contributed by atoms with E-state index in [9.17, 15) is 9.59 Å². The summed E-state index contributed by atoms with van der Waals surface area (Å²) in [5.41, 5.74) is 4.41. The molecule has 4 aromatic rings. The van der Waals surface area contributed by atoms with Gasteiger partial charge in [0.05, 0.1) is 36.1 Å². The summed E-state index contributed by atoms with van der Waals surface area (Å²) in [5, 5.41) is 0. The van der Waals surface area contributed by atoms with Gasteiger partial charge in [0, 0.05) is 31.9 Å². The summed E-state index contributed by atoms with van der Waals surface area (Å²) in [6.45, 7) is 0. The first-order chi connectivity index (χ1) is 17.5. The fourth-order valence-electron chi connectivity index (χ4n) is 4.98. The summed E-state index contributed by atoms with van der Waals surface area (Å²) in [4.78, 5) is 37.1. The molecule has 0 saturated carbocycles. The standard InChI is InChI=1S/C26H10BBrN2O2S4/c27-17-3-1-13(33-17)15-9-11-5-7-29-21(23(11)35-15)19-20(26(29)32)22-24-12(6-8-30(22)25(19)31)10-16(36-24)14-2-4-18(28)34-14/h1-10H. The summed E-state index contributed by atoms with van der Waals surface area (Å²) >= 11 is 9.96. The second kappa shape index (κ2) is 7.39. The molecule has 2 radical (unpaired) electrons. The van der Waals surface area contributed by atoms with Crippen molar-refractivity contribution in [1.29, 1.82) is 0 Å². The van der Waals surface area contributed by atoms with Gasteiger partial charge in [0.2, 0.25) is 0 Å². The number of hydrogen-bond donors (Lipinski definition) is 0. The lowest BCUT2D eigenvalue weighted by molar-refractivity contribution is -0.122. The highest BCUT2D eigenvalue weighted by Crippen LogP contribution is 2.54. The predicted octanol–water partition coefficient (Wildman–Crippen LogP) is 6.60. The molecule has 8 rings (SSSR count). The number of nitrogens with zero attached hydrogens (tertiary/aromatic N) is 2. The van der Waals surface area contributed by atoms with Gasteiger partial charge in [-0.25, -0.2) is 0 Å². The van der Waals surface area contributed by atoms with Gasteiger partial charge in [0.1, 0.15) is 7.85 Å². The Bertz CT molecular complexity index is 1700. The van der Waals surface area contributed by atoms with Crippen molar-refractivity contribution in [2.24, 2.45) is 0 Å². The van der Waals surface area contributed by atoms with E-state index in [4.69, 9.17) is 7.85 Å². The molecule has 0 bridgehead atoms. The molecule has 10 heteroatoms. The third-order valence-corrected chi connectivity index (χ3v) is 11.8. The topological polar surface area (TPSA) is 40.6 Å². The number of rotatable bonds is 2. The Morgan fingerprint density at radius 3 is 1.67 bits per heavy atom.